The second-order valence-electron chi connectivity index (χ2n) is 17.0. The van der Waals surface area contributed by atoms with E-state index in [4.69, 9.17) is 0 Å². The van der Waals surface area contributed by atoms with Crippen LogP contribution in [0.4, 0.5) is 0 Å². The predicted octanol–water partition coefficient (Wildman–Crippen LogP) is 14.6. The zero-order valence-electron chi connectivity index (χ0n) is 37.1. The number of carbonyl (C=O) groups excluding carboxylic acids is 1. The molecular formula is C50H97NO4. The van der Waals surface area contributed by atoms with E-state index in [0.29, 0.717) is 12.8 Å². The Balaban J connectivity index is 3.52. The summed E-state index contributed by atoms with van der Waals surface area (Å²) < 4.78 is 0. The standard InChI is InChI=1S/C50H97NO4/c1-3-5-7-9-11-13-15-17-18-19-20-21-22-23-24-25-26-27-28-29-30-31-32-33-35-37-39-41-43-45-49(54)51-47(46-52)50(55)48(53)44-42-40-38-36-34-16-14-12-10-8-6-4-2/h23-24,36,38,47-48,50,52-53,55H,3-22,25-35,37,39-46H2,1-2H3,(H,51,54)/b24-23-,38-36+. The highest BCUT2D eigenvalue weighted by Gasteiger charge is 2.26. The van der Waals surface area contributed by atoms with E-state index in [1.165, 1.54) is 199 Å². The summed E-state index contributed by atoms with van der Waals surface area (Å²) in [5.74, 6) is -0.153. The van der Waals surface area contributed by atoms with E-state index < -0.39 is 18.2 Å². The third-order valence-electron chi connectivity index (χ3n) is 11.5. The van der Waals surface area contributed by atoms with Gasteiger partial charge in [0, 0.05) is 6.42 Å². The van der Waals surface area contributed by atoms with Gasteiger partial charge in [0.25, 0.3) is 0 Å². The third kappa shape index (κ3) is 40.8. The minimum Gasteiger partial charge on any atom is -0.394 e. The molecule has 0 aromatic heterocycles. The molecule has 3 atom stereocenters. The number of aliphatic hydroxyl groups excluding tert-OH is 3. The van der Waals surface area contributed by atoms with E-state index in [-0.39, 0.29) is 12.5 Å². The van der Waals surface area contributed by atoms with Crippen molar-refractivity contribution in [2.75, 3.05) is 6.61 Å². The molecule has 5 nitrogen and oxygen atoms in total. The van der Waals surface area contributed by atoms with Crippen LogP contribution in [-0.4, -0.2) is 46.1 Å². The lowest BCUT2D eigenvalue weighted by molar-refractivity contribution is -0.124. The number of carbonyl (C=O) groups is 1. The molecule has 0 aliphatic rings. The zero-order chi connectivity index (χ0) is 40.1. The summed E-state index contributed by atoms with van der Waals surface area (Å²) in [6, 6.07) is -0.823. The fourth-order valence-electron chi connectivity index (χ4n) is 7.69. The molecule has 55 heavy (non-hydrogen) atoms. The first-order valence-electron chi connectivity index (χ1n) is 24.6. The molecule has 0 rings (SSSR count). The van der Waals surface area contributed by atoms with Crippen molar-refractivity contribution in [3.63, 3.8) is 0 Å². The molecule has 5 heteroatoms. The van der Waals surface area contributed by atoms with Gasteiger partial charge in [-0.3, -0.25) is 4.79 Å². The average molecular weight is 776 g/mol. The molecule has 0 radical (unpaired) electrons. The maximum atomic E-state index is 12.4. The smallest absolute Gasteiger partial charge is 0.220 e. The summed E-state index contributed by atoms with van der Waals surface area (Å²) in [4.78, 5) is 12.4. The molecular weight excluding hydrogens is 679 g/mol. The first-order valence-corrected chi connectivity index (χ1v) is 24.6. The minimum atomic E-state index is -1.16. The highest BCUT2D eigenvalue weighted by atomic mass is 16.3. The Kier molecular flexibility index (Phi) is 44.6. The zero-order valence-corrected chi connectivity index (χ0v) is 37.1. The SMILES string of the molecule is CCCCCCCCC/C=C/CCCC(O)C(O)C(CO)NC(=O)CCCCCCCCCCCCCCC/C=C\CCCCCCCCCCCCCC. The Labute approximate surface area is 343 Å². The van der Waals surface area contributed by atoms with Crippen LogP contribution in [0.1, 0.15) is 264 Å². The van der Waals surface area contributed by atoms with Gasteiger partial charge in [-0.2, -0.15) is 0 Å². The molecule has 0 aromatic rings. The van der Waals surface area contributed by atoms with Gasteiger partial charge in [-0.1, -0.05) is 218 Å². The molecule has 0 fully saturated rings. The van der Waals surface area contributed by atoms with Crippen molar-refractivity contribution in [2.24, 2.45) is 0 Å². The predicted molar refractivity (Wildman–Crippen MR) is 241 cm³/mol. The largest absolute Gasteiger partial charge is 0.394 e. The molecule has 0 saturated heterocycles. The normalized spacial score (nSPS) is 13.6. The van der Waals surface area contributed by atoms with Gasteiger partial charge in [0.2, 0.25) is 5.91 Å². The van der Waals surface area contributed by atoms with E-state index in [2.05, 4.69) is 43.5 Å². The molecule has 0 bridgehead atoms. The number of unbranched alkanes of at least 4 members (excludes halogenated alkanes) is 33. The van der Waals surface area contributed by atoms with Crippen LogP contribution in [0.25, 0.3) is 0 Å². The summed E-state index contributed by atoms with van der Waals surface area (Å²) >= 11 is 0. The van der Waals surface area contributed by atoms with Gasteiger partial charge in [0.15, 0.2) is 0 Å². The highest BCUT2D eigenvalue weighted by Crippen LogP contribution is 2.16. The van der Waals surface area contributed by atoms with Crippen LogP contribution in [0.3, 0.4) is 0 Å². The Hall–Kier alpha value is -1.17. The molecule has 4 N–H and O–H groups in total. The maximum absolute atomic E-state index is 12.4. The topological polar surface area (TPSA) is 89.8 Å². The van der Waals surface area contributed by atoms with Crippen LogP contribution in [0.15, 0.2) is 24.3 Å². The highest BCUT2D eigenvalue weighted by molar-refractivity contribution is 5.76. The van der Waals surface area contributed by atoms with E-state index in [1.54, 1.807) is 0 Å². The lowest BCUT2D eigenvalue weighted by atomic mass is 10.0. The van der Waals surface area contributed by atoms with Gasteiger partial charge in [0.1, 0.15) is 6.10 Å². The number of allylic oxidation sites excluding steroid dienone is 4. The number of amides is 1. The lowest BCUT2D eigenvalue weighted by Crippen LogP contribution is -2.50. The molecule has 3 unspecified atom stereocenters. The van der Waals surface area contributed by atoms with Gasteiger partial charge in [-0.25, -0.2) is 0 Å². The van der Waals surface area contributed by atoms with E-state index in [0.717, 1.165) is 38.5 Å². The van der Waals surface area contributed by atoms with E-state index in [1.807, 2.05) is 0 Å². The Morgan fingerprint density at radius 3 is 1.05 bits per heavy atom. The van der Waals surface area contributed by atoms with Crippen molar-refractivity contribution in [1.29, 1.82) is 0 Å². The number of hydrogen-bond acceptors (Lipinski definition) is 4. The fourth-order valence-corrected chi connectivity index (χ4v) is 7.69. The van der Waals surface area contributed by atoms with Crippen LogP contribution in [0.5, 0.6) is 0 Å². The minimum absolute atomic E-state index is 0.153. The third-order valence-corrected chi connectivity index (χ3v) is 11.5. The monoisotopic (exact) mass is 776 g/mol. The molecule has 0 spiro atoms. The van der Waals surface area contributed by atoms with Gasteiger partial charge in [0.05, 0.1) is 18.8 Å². The molecule has 0 heterocycles. The second kappa shape index (κ2) is 45.5. The van der Waals surface area contributed by atoms with Crippen molar-refractivity contribution in [3.05, 3.63) is 24.3 Å². The Bertz CT molecular complexity index is 814. The molecule has 0 saturated carbocycles. The first-order chi connectivity index (χ1) is 27.1. The van der Waals surface area contributed by atoms with Crippen LogP contribution >= 0.6 is 0 Å². The van der Waals surface area contributed by atoms with E-state index >= 15 is 0 Å². The van der Waals surface area contributed by atoms with Crippen molar-refractivity contribution in [1.82, 2.24) is 5.32 Å². The van der Waals surface area contributed by atoms with Crippen molar-refractivity contribution in [2.45, 2.75) is 283 Å². The molecule has 1 amide bonds. The summed E-state index contributed by atoms with van der Waals surface area (Å²) in [6.45, 7) is 4.17. The van der Waals surface area contributed by atoms with Crippen LogP contribution in [0.2, 0.25) is 0 Å². The Morgan fingerprint density at radius 1 is 0.436 bits per heavy atom. The van der Waals surface area contributed by atoms with Gasteiger partial charge < -0.3 is 20.6 Å². The van der Waals surface area contributed by atoms with Crippen molar-refractivity contribution >= 4 is 5.91 Å². The van der Waals surface area contributed by atoms with E-state index in [9.17, 15) is 20.1 Å². The summed E-state index contributed by atoms with van der Waals surface area (Å²) in [7, 11) is 0. The van der Waals surface area contributed by atoms with Crippen LogP contribution < -0.4 is 5.32 Å². The summed E-state index contributed by atoms with van der Waals surface area (Å²) in [5, 5.41) is 33.5. The molecule has 0 aliphatic carbocycles. The number of rotatable bonds is 45. The fraction of sp³-hybridized carbons (Fsp3) is 0.900. The second-order valence-corrected chi connectivity index (χ2v) is 17.0. The maximum Gasteiger partial charge on any atom is 0.220 e. The number of nitrogens with one attached hydrogen (secondary N) is 1. The molecule has 0 aliphatic heterocycles. The average Bonchev–Trinajstić information content (AvgIpc) is 3.19. The van der Waals surface area contributed by atoms with Crippen LogP contribution in [0, 0.1) is 0 Å². The number of aliphatic hydroxyl groups is 3. The quantitative estimate of drug-likeness (QED) is 0.0366. The summed E-state index contributed by atoms with van der Waals surface area (Å²) in [6.07, 6.45) is 56.1. The first kappa shape index (κ1) is 53.8. The molecule has 0 aromatic carbocycles. The number of hydrogen-bond donors (Lipinski definition) is 4. The van der Waals surface area contributed by atoms with Crippen molar-refractivity contribution < 1.29 is 20.1 Å². The molecule has 326 valence electrons. The van der Waals surface area contributed by atoms with Crippen LogP contribution in [-0.2, 0) is 4.79 Å². The summed E-state index contributed by atoms with van der Waals surface area (Å²) in [5.41, 5.74) is 0. The van der Waals surface area contributed by atoms with Crippen molar-refractivity contribution in [3.8, 4) is 0 Å². The van der Waals surface area contributed by atoms with Gasteiger partial charge in [-0.15, -0.1) is 0 Å². The lowest BCUT2D eigenvalue weighted by Gasteiger charge is -2.26. The van der Waals surface area contributed by atoms with Gasteiger partial charge in [-0.05, 0) is 64.2 Å². The Morgan fingerprint density at radius 2 is 0.727 bits per heavy atom. The van der Waals surface area contributed by atoms with Gasteiger partial charge >= 0.3 is 0 Å².